The summed E-state index contributed by atoms with van der Waals surface area (Å²) in [5.41, 5.74) is 0. The van der Waals surface area contributed by atoms with Crippen molar-refractivity contribution in [3.63, 3.8) is 0 Å². The molecule has 0 aromatic rings. The van der Waals surface area contributed by atoms with Crippen molar-refractivity contribution >= 4 is 0 Å². The predicted octanol–water partition coefficient (Wildman–Crippen LogP) is 1.41. The van der Waals surface area contributed by atoms with Crippen LogP contribution in [0.15, 0.2) is 0 Å². The molecule has 1 radical (unpaired) electrons. The Hall–Kier alpha value is -0.600. The number of nitro groups is 1. The van der Waals surface area contributed by atoms with Gasteiger partial charge in [0.15, 0.2) is 0 Å². The number of rotatable bonds is 1. The van der Waals surface area contributed by atoms with E-state index in [9.17, 15) is 10.1 Å². The molecule has 0 aromatic heterocycles. The van der Waals surface area contributed by atoms with Gasteiger partial charge in [-0.2, -0.15) is 0 Å². The van der Waals surface area contributed by atoms with E-state index in [1.165, 1.54) is 0 Å². The van der Waals surface area contributed by atoms with E-state index in [0.717, 1.165) is 25.7 Å². The van der Waals surface area contributed by atoms with Crippen LogP contribution in [0.5, 0.6) is 0 Å². The zero-order valence-electron chi connectivity index (χ0n) is 5.25. The van der Waals surface area contributed by atoms with Crippen LogP contribution in [0.2, 0.25) is 0 Å². The summed E-state index contributed by atoms with van der Waals surface area (Å²) in [6.45, 7) is 0. The minimum absolute atomic E-state index is 0.160. The lowest BCUT2D eigenvalue weighted by Gasteiger charge is -2.13. The van der Waals surface area contributed by atoms with E-state index in [4.69, 9.17) is 0 Å². The Kier molecular flexibility index (Phi) is 2.03. The summed E-state index contributed by atoms with van der Waals surface area (Å²) in [7, 11) is 0. The fourth-order valence-corrected chi connectivity index (χ4v) is 1.12. The highest BCUT2D eigenvalue weighted by Gasteiger charge is 2.22. The topological polar surface area (TPSA) is 43.1 Å². The first-order chi connectivity index (χ1) is 4.30. The highest BCUT2D eigenvalue weighted by atomic mass is 16.6. The third kappa shape index (κ3) is 1.66. The van der Waals surface area contributed by atoms with E-state index in [1.807, 2.05) is 0 Å². The standard InChI is InChI=1S/C6H10NO2/c8-7(9)6-4-2-1-3-5-6/h1,6H,2-5H2. The van der Waals surface area contributed by atoms with Crippen molar-refractivity contribution in [2.75, 3.05) is 0 Å². The van der Waals surface area contributed by atoms with Crippen molar-refractivity contribution in [2.24, 2.45) is 0 Å². The van der Waals surface area contributed by atoms with Crippen LogP contribution in [-0.2, 0) is 0 Å². The molecule has 0 N–H and O–H groups in total. The van der Waals surface area contributed by atoms with Gasteiger partial charge in [-0.1, -0.05) is 0 Å². The summed E-state index contributed by atoms with van der Waals surface area (Å²) >= 11 is 0. The molecular weight excluding hydrogens is 118 g/mol. The second-order valence-electron chi connectivity index (χ2n) is 2.38. The number of nitrogens with zero attached hydrogens (tertiary/aromatic N) is 1. The van der Waals surface area contributed by atoms with Crippen molar-refractivity contribution in [1.29, 1.82) is 0 Å². The van der Waals surface area contributed by atoms with Gasteiger partial charge in [0.25, 0.3) is 0 Å². The summed E-state index contributed by atoms with van der Waals surface area (Å²) in [6, 6.07) is -0.255. The van der Waals surface area contributed by atoms with E-state index >= 15 is 0 Å². The zero-order valence-corrected chi connectivity index (χ0v) is 5.25. The van der Waals surface area contributed by atoms with E-state index in [0.29, 0.717) is 0 Å². The summed E-state index contributed by atoms with van der Waals surface area (Å²) in [4.78, 5) is 9.99. The third-order valence-electron chi connectivity index (χ3n) is 1.71. The first-order valence-electron chi connectivity index (χ1n) is 3.26. The second-order valence-corrected chi connectivity index (χ2v) is 2.38. The van der Waals surface area contributed by atoms with E-state index in [2.05, 4.69) is 6.42 Å². The molecule has 51 valence electrons. The molecule has 1 saturated carbocycles. The molecule has 0 aliphatic heterocycles. The van der Waals surface area contributed by atoms with Gasteiger partial charge >= 0.3 is 0 Å². The molecule has 0 aromatic carbocycles. The first-order valence-corrected chi connectivity index (χ1v) is 3.26. The molecule has 0 amide bonds. The van der Waals surface area contributed by atoms with E-state index in [-0.39, 0.29) is 11.0 Å². The van der Waals surface area contributed by atoms with Crippen LogP contribution in [0, 0.1) is 16.5 Å². The quantitative estimate of drug-likeness (QED) is 0.396. The summed E-state index contributed by atoms with van der Waals surface area (Å²) in [5, 5.41) is 10.1. The fourth-order valence-electron chi connectivity index (χ4n) is 1.12. The van der Waals surface area contributed by atoms with Crippen LogP contribution in [0.1, 0.15) is 25.7 Å². The molecule has 1 aliphatic rings. The van der Waals surface area contributed by atoms with Crippen molar-refractivity contribution in [3.8, 4) is 0 Å². The van der Waals surface area contributed by atoms with Crippen LogP contribution in [0.4, 0.5) is 0 Å². The summed E-state index contributed by atoms with van der Waals surface area (Å²) < 4.78 is 0. The average molecular weight is 128 g/mol. The van der Waals surface area contributed by atoms with Gasteiger partial charge < -0.3 is 0 Å². The minimum atomic E-state index is -0.255. The average Bonchev–Trinajstić information content (AvgIpc) is 1.90. The first kappa shape index (κ1) is 6.52. The molecular formula is C6H10NO2. The Morgan fingerprint density at radius 1 is 1.44 bits per heavy atom. The Bertz CT molecular complexity index is 108. The molecule has 3 nitrogen and oxygen atoms in total. The highest BCUT2D eigenvalue weighted by molar-refractivity contribution is 4.75. The smallest absolute Gasteiger partial charge is 0.213 e. The Morgan fingerprint density at radius 3 is 2.33 bits per heavy atom. The second kappa shape index (κ2) is 2.80. The SMILES string of the molecule is O=[N+]([O-])C1CC[CH]CC1. The molecule has 0 atom stereocenters. The predicted molar refractivity (Wildman–Crippen MR) is 33.6 cm³/mol. The molecule has 3 heteroatoms. The normalized spacial score (nSPS) is 21.8. The summed E-state index contributed by atoms with van der Waals surface area (Å²) in [6.07, 6.45) is 5.46. The summed E-state index contributed by atoms with van der Waals surface area (Å²) in [5.74, 6) is 0. The van der Waals surface area contributed by atoms with Crippen LogP contribution >= 0.6 is 0 Å². The van der Waals surface area contributed by atoms with Crippen LogP contribution in [0.25, 0.3) is 0 Å². The van der Waals surface area contributed by atoms with Crippen LogP contribution < -0.4 is 0 Å². The lowest BCUT2D eigenvalue weighted by molar-refractivity contribution is -0.525. The molecule has 0 heterocycles. The van der Waals surface area contributed by atoms with Crippen molar-refractivity contribution in [1.82, 2.24) is 0 Å². The maximum absolute atomic E-state index is 10.1. The molecule has 0 spiro atoms. The molecule has 0 saturated heterocycles. The lowest BCUT2D eigenvalue weighted by atomic mass is 9.96. The maximum Gasteiger partial charge on any atom is 0.213 e. The van der Waals surface area contributed by atoms with Gasteiger partial charge in [-0.25, -0.2) is 0 Å². The van der Waals surface area contributed by atoms with Gasteiger partial charge in [0.1, 0.15) is 0 Å². The third-order valence-corrected chi connectivity index (χ3v) is 1.71. The van der Waals surface area contributed by atoms with Crippen molar-refractivity contribution in [2.45, 2.75) is 31.7 Å². The molecule has 1 fully saturated rings. The van der Waals surface area contributed by atoms with Crippen LogP contribution in [0.3, 0.4) is 0 Å². The molecule has 1 aliphatic carbocycles. The zero-order chi connectivity index (χ0) is 6.69. The minimum Gasteiger partial charge on any atom is -0.264 e. The molecule has 1 rings (SSSR count). The highest BCUT2D eigenvalue weighted by Crippen LogP contribution is 2.18. The van der Waals surface area contributed by atoms with Gasteiger partial charge in [-0.15, -0.1) is 0 Å². The van der Waals surface area contributed by atoms with Gasteiger partial charge in [-0.3, -0.25) is 10.1 Å². The van der Waals surface area contributed by atoms with Gasteiger partial charge in [-0.05, 0) is 19.3 Å². The fraction of sp³-hybridized carbons (Fsp3) is 0.833. The molecule has 0 unspecified atom stereocenters. The Morgan fingerprint density at radius 2 is 2.00 bits per heavy atom. The Balaban J connectivity index is 2.31. The van der Waals surface area contributed by atoms with Gasteiger partial charge in [0.2, 0.25) is 6.04 Å². The van der Waals surface area contributed by atoms with Gasteiger partial charge in [0, 0.05) is 17.8 Å². The largest absolute Gasteiger partial charge is 0.264 e. The monoisotopic (exact) mass is 128 g/mol. The van der Waals surface area contributed by atoms with Gasteiger partial charge in [0.05, 0.1) is 0 Å². The van der Waals surface area contributed by atoms with Crippen molar-refractivity contribution < 1.29 is 4.92 Å². The van der Waals surface area contributed by atoms with Crippen molar-refractivity contribution in [3.05, 3.63) is 16.5 Å². The maximum atomic E-state index is 10.1. The number of hydrogen-bond acceptors (Lipinski definition) is 2. The van der Waals surface area contributed by atoms with Crippen LogP contribution in [-0.4, -0.2) is 11.0 Å². The number of hydrogen-bond donors (Lipinski definition) is 0. The van der Waals surface area contributed by atoms with E-state index in [1.54, 1.807) is 0 Å². The lowest BCUT2D eigenvalue weighted by Crippen LogP contribution is -2.21. The molecule has 0 bridgehead atoms. The Labute approximate surface area is 54.2 Å². The van der Waals surface area contributed by atoms with E-state index < -0.39 is 0 Å². The molecule has 9 heavy (non-hydrogen) atoms.